The molecule has 0 heterocycles. The predicted molar refractivity (Wildman–Crippen MR) is 219 cm³/mol. The van der Waals surface area contributed by atoms with Gasteiger partial charge in [-0.3, -0.25) is 0 Å². The Balaban J connectivity index is 7.52. The highest BCUT2D eigenvalue weighted by Crippen LogP contribution is 2.77. The zero-order chi connectivity index (χ0) is 37.7. The third-order valence-corrected chi connectivity index (χ3v) is 26.7. The molecule has 0 N–H and O–H groups in total. The third kappa shape index (κ3) is 8.18. The van der Waals surface area contributed by atoms with Crippen LogP contribution in [0.25, 0.3) is 0 Å². The van der Waals surface area contributed by atoms with Crippen LogP contribution >= 0.6 is 348 Å². The van der Waals surface area contributed by atoms with Crippen molar-refractivity contribution in [2.75, 3.05) is 0 Å². The Morgan fingerprint density at radius 2 is 0.267 bits per heavy atom. The second-order valence-corrected chi connectivity index (χ2v) is 27.7. The van der Waals surface area contributed by atoms with Gasteiger partial charge in [0.25, 0.3) is 0 Å². The van der Waals surface area contributed by atoms with Gasteiger partial charge in [0.1, 0.15) is 9.67 Å². The molecule has 0 bridgehead atoms. The van der Waals surface area contributed by atoms with Crippen molar-refractivity contribution in [1.82, 2.24) is 0 Å². The van der Waals surface area contributed by atoms with E-state index >= 15 is 0 Å². The zero-order valence-corrected chi connectivity index (χ0v) is 41.7. The van der Waals surface area contributed by atoms with Crippen LogP contribution in [0.4, 0.5) is 0 Å². The molecule has 0 aliphatic carbocycles. The normalized spacial score (nSPS) is 17.1. The second kappa shape index (κ2) is 16.4. The van der Waals surface area contributed by atoms with Crippen LogP contribution in [0.3, 0.4) is 0 Å². The second-order valence-electron chi connectivity index (χ2n) is 8.17. The molecule has 30 heteroatoms. The van der Waals surface area contributed by atoms with E-state index in [4.69, 9.17) is 348 Å². The Morgan fingerprint density at radius 1 is 0.178 bits per heavy atom. The lowest BCUT2D eigenvalue weighted by Gasteiger charge is -2.58. The van der Waals surface area contributed by atoms with E-state index in [1.807, 2.05) is 0 Å². The minimum absolute atomic E-state index is 1.87. The monoisotopic (exact) mass is 1230 g/mol. The van der Waals surface area contributed by atoms with E-state index < -0.39 is 66.0 Å². The van der Waals surface area contributed by atoms with Gasteiger partial charge in [0, 0.05) is 0 Å². The van der Waals surface area contributed by atoms with E-state index in [9.17, 15) is 0 Å². The lowest BCUT2D eigenvalue weighted by Crippen LogP contribution is -2.75. The molecule has 0 fully saturated rings. The molecule has 0 aliphatic heterocycles. The summed E-state index contributed by atoms with van der Waals surface area (Å²) in [6, 6.07) is 0. The summed E-state index contributed by atoms with van der Waals surface area (Å²) < 4.78 is -42.1. The van der Waals surface area contributed by atoms with E-state index in [1.54, 1.807) is 0 Å². The van der Waals surface area contributed by atoms with Gasteiger partial charge in [0.05, 0.1) is 0 Å². The van der Waals surface area contributed by atoms with Crippen molar-refractivity contribution in [1.29, 1.82) is 0 Å². The highest BCUT2D eigenvalue weighted by Gasteiger charge is 2.86. The fraction of sp³-hybridized carbons (Fsp3) is 1.00. The summed E-state index contributed by atoms with van der Waals surface area (Å²) in [4.78, 5) is -3.73. The average molecular weight is 1250 g/mol. The molecule has 0 aromatic carbocycles. The molecule has 0 nitrogen and oxygen atoms in total. The Morgan fingerprint density at radius 3 is 0.356 bits per heavy atom. The molecule has 0 atom stereocenters. The Labute approximate surface area is 407 Å². The van der Waals surface area contributed by atoms with Crippen LogP contribution in [0.15, 0.2) is 0 Å². The molecule has 272 valence electrons. The first-order chi connectivity index (χ1) is 18.9. The summed E-state index contributed by atoms with van der Waals surface area (Å²) in [5, 5.41) is 0. The lowest BCUT2D eigenvalue weighted by atomic mass is 9.97. The summed E-state index contributed by atoms with van der Waals surface area (Å²) in [5.41, 5.74) is 0. The van der Waals surface area contributed by atoms with Crippen LogP contribution in [-0.2, 0) is 0 Å². The molecule has 0 aromatic heterocycles. The van der Waals surface area contributed by atoms with Crippen molar-refractivity contribution in [3.63, 3.8) is 0 Å². The molecule has 0 spiro atoms. The summed E-state index contributed by atoms with van der Waals surface area (Å²) in [6.07, 6.45) is 0. The first-order valence-electron chi connectivity index (χ1n) is 9.36. The molecule has 45 heavy (non-hydrogen) atoms. The van der Waals surface area contributed by atoms with Crippen molar-refractivity contribution < 1.29 is 0 Å². The maximum Gasteiger partial charge on any atom is 0.189 e. The first kappa shape index (κ1) is 53.7. The van der Waals surface area contributed by atoms with Gasteiger partial charge in [-0.15, -0.1) is 46.4 Å². The molecular weight excluding hydrogens is 1240 g/mol. The molecular formula is C15H2Cl30. The highest BCUT2D eigenvalue weighted by molar-refractivity contribution is 6.84. The molecule has 0 radical (unpaired) electrons. The maximum absolute atomic E-state index is 6.48. The Bertz CT molecular complexity index is 977. The smallest absolute Gasteiger partial charge is 0.102 e. The number of hydrogen-bond acceptors (Lipinski definition) is 0. The Hall–Kier alpha value is 8.70. The largest absolute Gasteiger partial charge is 0.189 e. The van der Waals surface area contributed by atoms with Crippen molar-refractivity contribution in [3.05, 3.63) is 0 Å². The van der Waals surface area contributed by atoms with Crippen LogP contribution in [-0.4, -0.2) is 66.0 Å². The van der Waals surface area contributed by atoms with Gasteiger partial charge in [0.15, 0.2) is 56.3 Å². The molecule has 0 unspecified atom stereocenters. The minimum Gasteiger partial charge on any atom is -0.102 e. The molecule has 0 rings (SSSR count). The van der Waals surface area contributed by atoms with Gasteiger partial charge in [-0.05, 0) is 0 Å². The van der Waals surface area contributed by atoms with Crippen LogP contribution in [0.2, 0.25) is 0 Å². The minimum atomic E-state index is -3.50. The van der Waals surface area contributed by atoms with E-state index in [0.717, 1.165) is 0 Å². The number of alkyl halides is 30. The molecule has 0 saturated heterocycles. The summed E-state index contributed by atoms with van der Waals surface area (Å²) in [7, 11) is 0. The summed E-state index contributed by atoms with van der Waals surface area (Å²) in [6.45, 7) is 0. The topological polar surface area (TPSA) is 0 Å². The van der Waals surface area contributed by atoms with Crippen molar-refractivity contribution in [2.24, 2.45) is 0 Å². The van der Waals surface area contributed by atoms with Crippen molar-refractivity contribution >= 4 is 348 Å². The third-order valence-electron chi connectivity index (χ3n) is 5.33. The van der Waals surface area contributed by atoms with Gasteiger partial charge in [-0.1, -0.05) is 302 Å². The standard InChI is InChI=1S/C15H2Cl30/c16-1(17)3(20,21)5(24,25)7(28,29)9(32,33)11(36,37)13(40,41)15(44,45)14(42,43)12(38,39)10(34,35)8(30,31)6(26,27)4(22,23)2(18)19/h1-2H. The van der Waals surface area contributed by atoms with Gasteiger partial charge in [-0.2, -0.15) is 0 Å². The van der Waals surface area contributed by atoms with Crippen LogP contribution in [0, 0.1) is 0 Å². The molecule has 0 aliphatic rings. The van der Waals surface area contributed by atoms with Crippen LogP contribution in [0.1, 0.15) is 0 Å². The van der Waals surface area contributed by atoms with Gasteiger partial charge in [-0.25, -0.2) is 0 Å². The van der Waals surface area contributed by atoms with E-state index in [0.29, 0.717) is 0 Å². The fourth-order valence-electron chi connectivity index (χ4n) is 2.47. The first-order valence-corrected chi connectivity index (χ1v) is 20.9. The number of halogens is 30. The number of hydrogen-bond donors (Lipinski definition) is 0. The molecule has 0 saturated carbocycles. The van der Waals surface area contributed by atoms with Gasteiger partial charge < -0.3 is 0 Å². The van der Waals surface area contributed by atoms with E-state index in [-0.39, 0.29) is 0 Å². The Kier molecular flexibility index (Phi) is 19.6. The van der Waals surface area contributed by atoms with Crippen molar-refractivity contribution in [3.8, 4) is 0 Å². The van der Waals surface area contributed by atoms with E-state index in [1.165, 1.54) is 0 Å². The van der Waals surface area contributed by atoms with Gasteiger partial charge >= 0.3 is 0 Å². The quantitative estimate of drug-likeness (QED) is 0.152. The fourth-order valence-corrected chi connectivity index (χ4v) is 12.4. The zero-order valence-electron chi connectivity index (χ0n) is 19.0. The SMILES string of the molecule is ClC(Cl)C(Cl)(Cl)C(Cl)(Cl)C(Cl)(Cl)C(Cl)(Cl)C(Cl)(Cl)C(Cl)(Cl)C(Cl)(Cl)C(Cl)(Cl)C(Cl)(Cl)C(Cl)(Cl)C(Cl)(Cl)C(Cl)(Cl)C(Cl)(Cl)C(Cl)Cl. The highest BCUT2D eigenvalue weighted by atomic mass is 35.6. The maximum atomic E-state index is 6.48. The predicted octanol–water partition coefficient (Wildman–Crippen LogP) is 17.9. The van der Waals surface area contributed by atoms with Crippen LogP contribution < -0.4 is 0 Å². The van der Waals surface area contributed by atoms with E-state index in [2.05, 4.69) is 0 Å². The summed E-state index contributed by atoms with van der Waals surface area (Å²) in [5.74, 6) is 0. The van der Waals surface area contributed by atoms with Crippen molar-refractivity contribution in [2.45, 2.75) is 66.0 Å². The van der Waals surface area contributed by atoms with Gasteiger partial charge in [0.2, 0.25) is 0 Å². The average Bonchev–Trinajstić information content (AvgIpc) is 2.81. The lowest BCUT2D eigenvalue weighted by molar-refractivity contribution is 0.404. The number of rotatable bonds is 14. The van der Waals surface area contributed by atoms with Crippen LogP contribution in [0.5, 0.6) is 0 Å². The summed E-state index contributed by atoms with van der Waals surface area (Å²) >= 11 is 188. The molecule has 0 amide bonds. The molecule has 0 aromatic rings.